The first-order chi connectivity index (χ1) is 21.5. The molecule has 1 saturated heterocycles. The highest BCUT2D eigenvalue weighted by molar-refractivity contribution is 6.74. The third-order valence-electron chi connectivity index (χ3n) is 9.65. The van der Waals surface area contributed by atoms with Gasteiger partial charge in [-0.2, -0.15) is 0 Å². The number of nitrogens with zero attached hydrogens (tertiary/aromatic N) is 5. The number of rotatable bonds is 7. The van der Waals surface area contributed by atoms with Crippen LogP contribution in [0.15, 0.2) is 42.6 Å². The smallest absolute Gasteiger partial charge is 0.410 e. The van der Waals surface area contributed by atoms with Crippen molar-refractivity contribution in [2.24, 2.45) is 13.0 Å². The molecule has 46 heavy (non-hydrogen) atoms. The molecule has 1 aliphatic heterocycles. The van der Waals surface area contributed by atoms with Gasteiger partial charge in [0.05, 0.1) is 35.4 Å². The first-order valence-corrected chi connectivity index (χ1v) is 19.3. The van der Waals surface area contributed by atoms with E-state index in [9.17, 15) is 9.59 Å². The van der Waals surface area contributed by atoms with Crippen LogP contribution in [0.5, 0.6) is 0 Å². The summed E-state index contributed by atoms with van der Waals surface area (Å²) >= 11 is 0. The van der Waals surface area contributed by atoms with Crippen LogP contribution in [0.4, 0.5) is 4.79 Å². The highest BCUT2D eigenvalue weighted by Crippen LogP contribution is 2.39. The molecule has 3 aromatic heterocycles. The van der Waals surface area contributed by atoms with Gasteiger partial charge in [0.25, 0.3) is 5.91 Å². The molecule has 2 amide bonds. The van der Waals surface area contributed by atoms with E-state index in [2.05, 4.69) is 65.4 Å². The Morgan fingerprint density at radius 1 is 1.04 bits per heavy atom. The molecule has 4 heterocycles. The van der Waals surface area contributed by atoms with Crippen molar-refractivity contribution < 1.29 is 18.8 Å². The van der Waals surface area contributed by atoms with Crippen molar-refractivity contribution in [3.8, 4) is 11.5 Å². The number of imidazole rings is 1. The topological polar surface area (TPSA) is 104 Å². The standard InChI is InChI=1S/C35H48N6O4Si/c1-34(2,3)44-33(43)40-20-26(29(21-40)45-46(8,9)35(4,5)6)38-32(42)24-14-15-27-25(17-24)37-31(39(27)7)28-18-23-11-10-16-36-30(23)41(28)19-22-12-13-22/h10-11,14-18,22,26,29H,12-13,19-21H2,1-9H3,(H,38,42)/t26-,29+/m0/s1. The third-order valence-corrected chi connectivity index (χ3v) is 14.2. The minimum Gasteiger partial charge on any atom is -0.444 e. The Morgan fingerprint density at radius 3 is 2.46 bits per heavy atom. The molecular weight excluding hydrogens is 597 g/mol. The monoisotopic (exact) mass is 644 g/mol. The number of likely N-dealkylation sites (tertiary alicyclic amines) is 1. The number of ether oxygens (including phenoxy) is 1. The van der Waals surface area contributed by atoms with Crippen LogP contribution in [0, 0.1) is 5.92 Å². The number of fused-ring (bicyclic) bond motifs is 2. The Bertz CT molecular complexity index is 1790. The van der Waals surface area contributed by atoms with Gasteiger partial charge in [0.1, 0.15) is 11.2 Å². The molecule has 2 fully saturated rings. The molecule has 1 aliphatic carbocycles. The molecular formula is C35H48N6O4Si. The largest absolute Gasteiger partial charge is 0.444 e. The molecule has 0 unspecified atom stereocenters. The average molecular weight is 645 g/mol. The van der Waals surface area contributed by atoms with Crippen molar-refractivity contribution in [3.63, 3.8) is 0 Å². The van der Waals surface area contributed by atoms with Gasteiger partial charge in [-0.25, -0.2) is 14.8 Å². The van der Waals surface area contributed by atoms with Crippen LogP contribution in [-0.2, 0) is 22.8 Å². The molecule has 1 N–H and O–H groups in total. The SMILES string of the molecule is Cn1c(-c2cc3cccnc3n2CC2CC2)nc2cc(C(=O)N[C@H]3CN(C(=O)OC(C)(C)C)C[C@H]3O[Si](C)(C)C(C)(C)C)ccc21. The fraction of sp³-hybridized carbons (Fsp3) is 0.543. The van der Waals surface area contributed by atoms with Crippen molar-refractivity contribution >= 4 is 42.4 Å². The van der Waals surface area contributed by atoms with E-state index in [1.165, 1.54) is 12.8 Å². The highest BCUT2D eigenvalue weighted by Gasteiger charge is 2.45. The van der Waals surface area contributed by atoms with Crippen molar-refractivity contribution in [1.29, 1.82) is 0 Å². The summed E-state index contributed by atoms with van der Waals surface area (Å²) in [6.07, 6.45) is 3.58. The number of hydrogen-bond acceptors (Lipinski definition) is 6. The molecule has 2 aliphatic rings. The minimum atomic E-state index is -2.20. The summed E-state index contributed by atoms with van der Waals surface area (Å²) in [6, 6.07) is 11.5. The summed E-state index contributed by atoms with van der Waals surface area (Å²) in [5.41, 5.74) is 3.59. The average Bonchev–Trinajstić information content (AvgIpc) is 3.47. The van der Waals surface area contributed by atoms with Crippen LogP contribution in [0.1, 0.15) is 64.7 Å². The highest BCUT2D eigenvalue weighted by atomic mass is 28.4. The molecule has 2 atom stereocenters. The number of nitrogens with one attached hydrogen (secondary N) is 1. The second kappa shape index (κ2) is 11.5. The molecule has 0 bridgehead atoms. The Balaban J connectivity index is 1.27. The number of pyridine rings is 1. The lowest BCUT2D eigenvalue weighted by molar-refractivity contribution is 0.0272. The molecule has 246 valence electrons. The van der Waals surface area contributed by atoms with Crippen LogP contribution >= 0.6 is 0 Å². The Kier molecular flexibility index (Phi) is 8.08. The van der Waals surface area contributed by atoms with Gasteiger partial charge in [-0.05, 0) is 94.1 Å². The number of carbonyl (C=O) groups is 2. The zero-order valence-electron chi connectivity index (χ0n) is 28.7. The quantitative estimate of drug-likeness (QED) is 0.224. The van der Waals surface area contributed by atoms with Gasteiger partial charge in [0.15, 0.2) is 14.1 Å². The normalized spacial score (nSPS) is 19.3. The first kappa shape index (κ1) is 32.2. The molecule has 6 rings (SSSR count). The lowest BCUT2D eigenvalue weighted by Crippen LogP contribution is -2.51. The van der Waals surface area contributed by atoms with Crippen molar-refractivity contribution in [2.75, 3.05) is 13.1 Å². The summed E-state index contributed by atoms with van der Waals surface area (Å²) in [7, 11) is -0.181. The van der Waals surface area contributed by atoms with E-state index >= 15 is 0 Å². The lowest BCUT2D eigenvalue weighted by atomic mass is 10.1. The van der Waals surface area contributed by atoms with E-state index < -0.39 is 20.0 Å². The lowest BCUT2D eigenvalue weighted by Gasteiger charge is -2.39. The maximum absolute atomic E-state index is 13.8. The number of carbonyl (C=O) groups excluding carboxylic acids is 2. The molecule has 0 spiro atoms. The zero-order valence-corrected chi connectivity index (χ0v) is 29.7. The van der Waals surface area contributed by atoms with Gasteiger partial charge < -0.3 is 28.5 Å². The molecule has 0 radical (unpaired) electrons. The zero-order chi connectivity index (χ0) is 33.2. The van der Waals surface area contributed by atoms with Crippen molar-refractivity contribution in [3.05, 3.63) is 48.2 Å². The summed E-state index contributed by atoms with van der Waals surface area (Å²) in [6.45, 7) is 18.1. The maximum Gasteiger partial charge on any atom is 0.410 e. The molecule has 11 heteroatoms. The molecule has 10 nitrogen and oxygen atoms in total. The minimum absolute atomic E-state index is 0.0248. The molecule has 1 saturated carbocycles. The third kappa shape index (κ3) is 6.44. The van der Waals surface area contributed by atoms with Gasteiger partial charge in [-0.3, -0.25) is 4.79 Å². The molecule has 4 aromatic rings. The van der Waals surface area contributed by atoms with Crippen LogP contribution in [0.2, 0.25) is 18.1 Å². The Morgan fingerprint density at radius 2 is 1.78 bits per heavy atom. The predicted octanol–water partition coefficient (Wildman–Crippen LogP) is 6.74. The summed E-state index contributed by atoms with van der Waals surface area (Å²) in [5, 5.41) is 4.27. The molecule has 1 aromatic carbocycles. The van der Waals surface area contributed by atoms with E-state index in [0.717, 1.165) is 40.1 Å². The first-order valence-electron chi connectivity index (χ1n) is 16.4. The van der Waals surface area contributed by atoms with Crippen molar-refractivity contribution in [2.45, 2.75) is 96.8 Å². The van der Waals surface area contributed by atoms with E-state index in [1.807, 2.05) is 58.3 Å². The van der Waals surface area contributed by atoms with E-state index in [0.29, 0.717) is 24.6 Å². The van der Waals surface area contributed by atoms with Crippen LogP contribution < -0.4 is 5.32 Å². The Hall–Kier alpha value is -3.70. The van der Waals surface area contributed by atoms with E-state index in [4.69, 9.17) is 14.1 Å². The summed E-state index contributed by atoms with van der Waals surface area (Å²) in [5.74, 6) is 1.30. The van der Waals surface area contributed by atoms with Gasteiger partial charge >= 0.3 is 6.09 Å². The fourth-order valence-electron chi connectivity index (χ4n) is 5.90. The summed E-state index contributed by atoms with van der Waals surface area (Å²) < 4.78 is 16.8. The van der Waals surface area contributed by atoms with Gasteiger partial charge in [-0.1, -0.05) is 20.8 Å². The van der Waals surface area contributed by atoms with Gasteiger partial charge in [0.2, 0.25) is 0 Å². The predicted molar refractivity (Wildman–Crippen MR) is 183 cm³/mol. The number of aryl methyl sites for hydroxylation is 1. The number of benzene rings is 1. The van der Waals surface area contributed by atoms with Crippen LogP contribution in [0.3, 0.4) is 0 Å². The van der Waals surface area contributed by atoms with Crippen LogP contribution in [0.25, 0.3) is 33.6 Å². The Labute approximate surface area is 272 Å². The number of hydrogen-bond donors (Lipinski definition) is 1. The second-order valence-corrected chi connectivity index (χ2v) is 20.3. The fourth-order valence-corrected chi connectivity index (χ4v) is 7.25. The number of amides is 2. The number of aromatic nitrogens is 4. The summed E-state index contributed by atoms with van der Waals surface area (Å²) in [4.78, 5) is 38.2. The van der Waals surface area contributed by atoms with Gasteiger partial charge in [-0.15, -0.1) is 0 Å². The van der Waals surface area contributed by atoms with Crippen LogP contribution in [-0.4, -0.2) is 75.2 Å². The maximum atomic E-state index is 13.8. The van der Waals surface area contributed by atoms with E-state index in [1.54, 1.807) is 4.90 Å². The van der Waals surface area contributed by atoms with E-state index in [-0.39, 0.29) is 23.1 Å². The van der Waals surface area contributed by atoms with Gasteiger partial charge in [0, 0.05) is 37.3 Å². The van der Waals surface area contributed by atoms with Crippen molar-refractivity contribution in [1.82, 2.24) is 29.3 Å². The second-order valence-electron chi connectivity index (χ2n) is 15.6.